The number of aromatic nitrogens is 4. The van der Waals surface area contributed by atoms with Crippen LogP contribution < -0.4 is 10.2 Å². The molecule has 0 saturated carbocycles. The molecule has 8 heteroatoms. The second-order valence-electron chi connectivity index (χ2n) is 6.66. The van der Waals surface area contributed by atoms with Gasteiger partial charge in [0.2, 0.25) is 11.7 Å². The number of carbonyl (C=O) groups excluding carboxylic acids is 2. The molecule has 1 aromatic heterocycles. The van der Waals surface area contributed by atoms with Gasteiger partial charge in [-0.05, 0) is 42.8 Å². The molecule has 28 heavy (non-hydrogen) atoms. The van der Waals surface area contributed by atoms with Crippen LogP contribution >= 0.6 is 0 Å². The number of nitrogens with zero attached hydrogens (tertiary/aromatic N) is 5. The van der Waals surface area contributed by atoms with Gasteiger partial charge in [0, 0.05) is 29.9 Å². The molecule has 1 atom stereocenters. The maximum Gasteiger partial charge on any atom is 0.250 e. The summed E-state index contributed by atoms with van der Waals surface area (Å²) in [7, 11) is 0. The largest absolute Gasteiger partial charge is 0.324 e. The first-order valence-corrected chi connectivity index (χ1v) is 9.18. The molecule has 0 bridgehead atoms. The summed E-state index contributed by atoms with van der Waals surface area (Å²) in [4.78, 5) is 27.4. The average molecular weight is 376 g/mol. The van der Waals surface area contributed by atoms with E-state index in [2.05, 4.69) is 20.7 Å². The fourth-order valence-corrected chi connectivity index (χ4v) is 3.09. The minimum absolute atomic E-state index is 0.136. The van der Waals surface area contributed by atoms with Gasteiger partial charge in [0.15, 0.2) is 0 Å². The number of anilines is 2. The van der Waals surface area contributed by atoms with Gasteiger partial charge in [0.25, 0.3) is 5.91 Å². The van der Waals surface area contributed by atoms with E-state index in [1.165, 1.54) is 4.80 Å². The maximum absolute atomic E-state index is 12.5. The molecular weight excluding hydrogens is 356 g/mol. The van der Waals surface area contributed by atoms with Gasteiger partial charge in [-0.3, -0.25) is 9.59 Å². The summed E-state index contributed by atoms with van der Waals surface area (Å²) in [6.45, 7) is 2.45. The molecule has 1 aliphatic rings. The van der Waals surface area contributed by atoms with E-state index in [1.54, 1.807) is 24.0 Å². The second-order valence-corrected chi connectivity index (χ2v) is 6.66. The Balaban J connectivity index is 1.42. The molecule has 1 saturated heterocycles. The van der Waals surface area contributed by atoms with Gasteiger partial charge in [-0.15, -0.1) is 10.2 Å². The predicted octanol–water partition coefficient (Wildman–Crippen LogP) is 2.67. The van der Waals surface area contributed by atoms with Gasteiger partial charge in [0.1, 0.15) is 6.04 Å². The smallest absolute Gasteiger partial charge is 0.250 e. The highest BCUT2D eigenvalue weighted by molar-refractivity contribution is 5.96. The van der Waals surface area contributed by atoms with Crippen LogP contribution in [0.5, 0.6) is 0 Å². The monoisotopic (exact) mass is 376 g/mol. The van der Waals surface area contributed by atoms with Gasteiger partial charge in [-0.1, -0.05) is 30.3 Å². The van der Waals surface area contributed by atoms with E-state index in [0.29, 0.717) is 17.9 Å². The summed E-state index contributed by atoms with van der Waals surface area (Å²) in [5.74, 6) is 0.360. The van der Waals surface area contributed by atoms with Crippen LogP contribution in [0.3, 0.4) is 0 Å². The maximum atomic E-state index is 12.5. The normalized spacial score (nSPS) is 14.9. The summed E-state index contributed by atoms with van der Waals surface area (Å²) >= 11 is 0. The molecule has 2 heterocycles. The molecule has 1 N–H and O–H groups in total. The third-order valence-corrected chi connectivity index (χ3v) is 4.71. The van der Waals surface area contributed by atoms with Crippen LogP contribution in [-0.2, 0) is 9.59 Å². The molecule has 0 radical (unpaired) electrons. The number of amides is 2. The molecule has 2 amide bonds. The molecule has 3 aromatic rings. The van der Waals surface area contributed by atoms with E-state index in [1.807, 2.05) is 42.5 Å². The van der Waals surface area contributed by atoms with Gasteiger partial charge < -0.3 is 10.2 Å². The van der Waals surface area contributed by atoms with Gasteiger partial charge in [-0.25, -0.2) is 0 Å². The topological polar surface area (TPSA) is 93.0 Å². The van der Waals surface area contributed by atoms with Crippen molar-refractivity contribution in [1.29, 1.82) is 0 Å². The third kappa shape index (κ3) is 3.62. The Kier molecular flexibility index (Phi) is 4.84. The zero-order valence-electron chi connectivity index (χ0n) is 15.4. The van der Waals surface area contributed by atoms with Crippen molar-refractivity contribution in [2.24, 2.45) is 0 Å². The van der Waals surface area contributed by atoms with E-state index in [9.17, 15) is 9.59 Å². The van der Waals surface area contributed by atoms with Crippen LogP contribution in [0.4, 0.5) is 11.4 Å². The van der Waals surface area contributed by atoms with Crippen molar-refractivity contribution in [3.63, 3.8) is 0 Å². The first-order chi connectivity index (χ1) is 13.6. The van der Waals surface area contributed by atoms with Crippen molar-refractivity contribution in [3.05, 3.63) is 54.6 Å². The molecule has 0 aliphatic carbocycles. The van der Waals surface area contributed by atoms with Crippen molar-refractivity contribution in [3.8, 4) is 11.4 Å². The Labute approximate surface area is 162 Å². The van der Waals surface area contributed by atoms with Crippen LogP contribution in [0.25, 0.3) is 11.4 Å². The highest BCUT2D eigenvalue weighted by atomic mass is 16.2. The zero-order valence-corrected chi connectivity index (χ0v) is 15.4. The van der Waals surface area contributed by atoms with Crippen LogP contribution in [0.2, 0.25) is 0 Å². The Morgan fingerprint density at radius 3 is 2.54 bits per heavy atom. The van der Waals surface area contributed by atoms with Crippen molar-refractivity contribution in [2.45, 2.75) is 25.8 Å². The lowest BCUT2D eigenvalue weighted by molar-refractivity contribution is -0.119. The molecule has 2 aromatic carbocycles. The Bertz CT molecular complexity index is 983. The third-order valence-electron chi connectivity index (χ3n) is 4.71. The Morgan fingerprint density at radius 1 is 1.11 bits per heavy atom. The minimum atomic E-state index is -0.621. The molecule has 4 rings (SSSR count). The van der Waals surface area contributed by atoms with Crippen LogP contribution in [-0.4, -0.2) is 38.6 Å². The average Bonchev–Trinajstić information content (AvgIpc) is 3.38. The van der Waals surface area contributed by atoms with Gasteiger partial charge in [-0.2, -0.15) is 4.80 Å². The first-order valence-electron chi connectivity index (χ1n) is 9.18. The zero-order chi connectivity index (χ0) is 19.5. The summed E-state index contributed by atoms with van der Waals surface area (Å²) in [5.41, 5.74) is 2.34. The summed E-state index contributed by atoms with van der Waals surface area (Å²) in [6, 6.07) is 16.1. The van der Waals surface area contributed by atoms with E-state index in [0.717, 1.165) is 24.2 Å². The number of hydrogen-bond donors (Lipinski definition) is 1. The SMILES string of the molecule is CC(C(=O)Nc1ccc(N2CCCC2=O)cc1)n1nnc(-c2ccccc2)n1. The molecule has 1 aliphatic heterocycles. The lowest BCUT2D eigenvalue weighted by Gasteiger charge is -2.16. The number of hydrogen-bond acceptors (Lipinski definition) is 5. The van der Waals surface area contributed by atoms with E-state index in [-0.39, 0.29) is 11.8 Å². The predicted molar refractivity (Wildman–Crippen MR) is 105 cm³/mol. The number of rotatable bonds is 5. The highest BCUT2D eigenvalue weighted by Gasteiger charge is 2.22. The summed E-state index contributed by atoms with van der Waals surface area (Å²) in [5, 5.41) is 15.2. The second kappa shape index (κ2) is 7.59. The number of nitrogens with one attached hydrogen (secondary N) is 1. The van der Waals surface area contributed by atoms with Crippen molar-refractivity contribution < 1.29 is 9.59 Å². The summed E-state index contributed by atoms with van der Waals surface area (Å²) in [6.07, 6.45) is 1.47. The number of carbonyl (C=O) groups is 2. The molecule has 142 valence electrons. The Hall–Kier alpha value is -3.55. The van der Waals surface area contributed by atoms with E-state index in [4.69, 9.17) is 0 Å². The van der Waals surface area contributed by atoms with Crippen molar-refractivity contribution >= 4 is 23.2 Å². The lowest BCUT2D eigenvalue weighted by atomic mass is 10.2. The molecule has 1 fully saturated rings. The fraction of sp³-hybridized carbons (Fsp3) is 0.250. The molecule has 0 spiro atoms. The Morgan fingerprint density at radius 2 is 1.86 bits per heavy atom. The standard InChI is InChI=1S/C20H20N6O2/c1-14(26-23-19(22-24-26)15-6-3-2-4-7-15)20(28)21-16-9-11-17(12-10-16)25-13-5-8-18(25)27/h2-4,6-7,9-12,14H,5,8,13H2,1H3,(H,21,28). The van der Waals surface area contributed by atoms with Crippen molar-refractivity contribution in [2.75, 3.05) is 16.8 Å². The van der Waals surface area contributed by atoms with Crippen LogP contribution in [0, 0.1) is 0 Å². The lowest BCUT2D eigenvalue weighted by Crippen LogP contribution is -2.26. The van der Waals surface area contributed by atoms with Gasteiger partial charge in [0.05, 0.1) is 0 Å². The van der Waals surface area contributed by atoms with Gasteiger partial charge >= 0.3 is 0 Å². The van der Waals surface area contributed by atoms with Crippen LogP contribution in [0.15, 0.2) is 54.6 Å². The molecule has 1 unspecified atom stereocenters. The van der Waals surface area contributed by atoms with Crippen molar-refractivity contribution in [1.82, 2.24) is 20.2 Å². The first kappa shape index (κ1) is 17.8. The van der Waals surface area contributed by atoms with Crippen LogP contribution in [0.1, 0.15) is 25.8 Å². The molecule has 8 nitrogen and oxygen atoms in total. The number of benzene rings is 2. The minimum Gasteiger partial charge on any atom is -0.324 e. The fourth-order valence-electron chi connectivity index (χ4n) is 3.09. The summed E-state index contributed by atoms with van der Waals surface area (Å²) < 4.78 is 0. The van der Waals surface area contributed by atoms with E-state index >= 15 is 0 Å². The molecular formula is C20H20N6O2. The highest BCUT2D eigenvalue weighted by Crippen LogP contribution is 2.23. The quantitative estimate of drug-likeness (QED) is 0.739. The van der Waals surface area contributed by atoms with E-state index < -0.39 is 6.04 Å². The number of tetrazole rings is 1.